The standard InChI is InChI=1S/C22H19N3O3.C2H6/c1-22(2,15-4-3-5-16(26)12-15)14-6-8-17(9-7-14)28-21-24-19-13-23-11-10-18(19)20(27)25-21;1-2/h3-13,26H,1-2H3,(H,24,25,27);1-2H3. The summed E-state index contributed by atoms with van der Waals surface area (Å²) in [5.74, 6) is 0.799. The SMILES string of the molecule is CC.CC(C)(c1ccc(Oc2nc3cnccc3c(=O)[nH]2)cc1)c1cccc(O)c1. The van der Waals surface area contributed by atoms with E-state index in [2.05, 4.69) is 28.8 Å². The number of hydrogen-bond acceptors (Lipinski definition) is 5. The molecule has 0 saturated heterocycles. The Balaban J connectivity index is 0.00000124. The molecule has 6 heteroatoms. The van der Waals surface area contributed by atoms with Gasteiger partial charge in [0, 0.05) is 11.6 Å². The van der Waals surface area contributed by atoms with Crippen molar-refractivity contribution >= 4 is 10.9 Å². The average molecular weight is 403 g/mol. The number of nitrogens with one attached hydrogen (secondary N) is 1. The topological polar surface area (TPSA) is 88.1 Å². The number of hydrogen-bond donors (Lipinski definition) is 2. The minimum Gasteiger partial charge on any atom is -0.508 e. The Kier molecular flexibility index (Phi) is 6.16. The minimum atomic E-state index is -0.293. The predicted octanol–water partition coefficient (Wildman–Crippen LogP) is 5.17. The number of fused-ring (bicyclic) bond motifs is 1. The highest BCUT2D eigenvalue weighted by Crippen LogP contribution is 2.34. The van der Waals surface area contributed by atoms with Crippen LogP contribution in [0, 0.1) is 0 Å². The number of aromatic hydroxyl groups is 1. The first-order chi connectivity index (χ1) is 14.4. The molecule has 0 spiro atoms. The van der Waals surface area contributed by atoms with E-state index in [1.807, 2.05) is 50.2 Å². The first kappa shape index (κ1) is 21.0. The lowest BCUT2D eigenvalue weighted by molar-refractivity contribution is 0.442. The van der Waals surface area contributed by atoms with Gasteiger partial charge in [-0.25, -0.2) is 0 Å². The number of benzene rings is 2. The highest BCUT2D eigenvalue weighted by atomic mass is 16.5. The van der Waals surface area contributed by atoms with Crippen molar-refractivity contribution in [3.05, 3.63) is 88.5 Å². The fraction of sp³-hybridized carbons (Fsp3) is 0.208. The summed E-state index contributed by atoms with van der Waals surface area (Å²) in [6, 6.07) is 16.5. The first-order valence-electron chi connectivity index (χ1n) is 9.85. The number of aromatic nitrogens is 3. The van der Waals surface area contributed by atoms with Crippen LogP contribution in [0.15, 0.2) is 71.8 Å². The molecule has 0 fully saturated rings. The van der Waals surface area contributed by atoms with Gasteiger partial charge >= 0.3 is 6.01 Å². The van der Waals surface area contributed by atoms with Crippen LogP contribution in [-0.4, -0.2) is 20.1 Å². The maximum absolute atomic E-state index is 12.1. The van der Waals surface area contributed by atoms with Gasteiger partial charge in [0.25, 0.3) is 5.56 Å². The summed E-state index contributed by atoms with van der Waals surface area (Å²) in [5, 5.41) is 10.2. The van der Waals surface area contributed by atoms with Gasteiger partial charge in [0.1, 0.15) is 11.5 Å². The van der Waals surface area contributed by atoms with Crippen molar-refractivity contribution < 1.29 is 9.84 Å². The van der Waals surface area contributed by atoms with Crippen molar-refractivity contribution in [2.45, 2.75) is 33.1 Å². The van der Waals surface area contributed by atoms with E-state index in [0.29, 0.717) is 16.7 Å². The minimum absolute atomic E-state index is 0.116. The second kappa shape index (κ2) is 8.78. The summed E-state index contributed by atoms with van der Waals surface area (Å²) in [4.78, 5) is 23.0. The van der Waals surface area contributed by atoms with Gasteiger partial charge in [-0.2, -0.15) is 4.98 Å². The average Bonchev–Trinajstić information content (AvgIpc) is 2.76. The summed E-state index contributed by atoms with van der Waals surface area (Å²) >= 11 is 0. The van der Waals surface area contributed by atoms with Crippen LogP contribution in [0.2, 0.25) is 0 Å². The Morgan fingerprint density at radius 3 is 2.43 bits per heavy atom. The van der Waals surface area contributed by atoms with E-state index in [0.717, 1.165) is 11.1 Å². The van der Waals surface area contributed by atoms with E-state index >= 15 is 0 Å². The van der Waals surface area contributed by atoms with Gasteiger partial charge in [-0.15, -0.1) is 0 Å². The molecule has 2 aromatic heterocycles. The monoisotopic (exact) mass is 403 g/mol. The number of nitrogens with zero attached hydrogens (tertiary/aromatic N) is 2. The zero-order valence-electron chi connectivity index (χ0n) is 17.5. The Hall–Kier alpha value is -3.67. The van der Waals surface area contributed by atoms with E-state index in [4.69, 9.17) is 4.74 Å². The number of phenols is 1. The van der Waals surface area contributed by atoms with Gasteiger partial charge in [0.2, 0.25) is 0 Å². The number of aromatic amines is 1. The number of rotatable bonds is 4. The van der Waals surface area contributed by atoms with Crippen LogP contribution < -0.4 is 10.3 Å². The fourth-order valence-corrected chi connectivity index (χ4v) is 3.13. The molecule has 0 radical (unpaired) electrons. The molecule has 2 N–H and O–H groups in total. The van der Waals surface area contributed by atoms with E-state index < -0.39 is 0 Å². The third kappa shape index (κ3) is 4.33. The lowest BCUT2D eigenvalue weighted by Gasteiger charge is -2.26. The van der Waals surface area contributed by atoms with E-state index in [1.54, 1.807) is 24.4 Å². The molecule has 4 aromatic rings. The largest absolute Gasteiger partial charge is 0.508 e. The van der Waals surface area contributed by atoms with Crippen molar-refractivity contribution in [1.82, 2.24) is 15.0 Å². The van der Waals surface area contributed by atoms with E-state index in [-0.39, 0.29) is 22.7 Å². The third-order valence-corrected chi connectivity index (χ3v) is 4.85. The molecule has 6 nitrogen and oxygen atoms in total. The highest BCUT2D eigenvalue weighted by Gasteiger charge is 2.23. The lowest BCUT2D eigenvalue weighted by Crippen LogP contribution is -2.18. The number of pyridine rings is 1. The van der Waals surface area contributed by atoms with Crippen LogP contribution in [0.4, 0.5) is 0 Å². The quantitative estimate of drug-likeness (QED) is 0.491. The zero-order valence-corrected chi connectivity index (χ0v) is 17.5. The molecule has 30 heavy (non-hydrogen) atoms. The van der Waals surface area contributed by atoms with Crippen molar-refractivity contribution in [3.63, 3.8) is 0 Å². The van der Waals surface area contributed by atoms with Crippen molar-refractivity contribution in [2.75, 3.05) is 0 Å². The van der Waals surface area contributed by atoms with Crippen LogP contribution in [0.5, 0.6) is 17.5 Å². The second-order valence-corrected chi connectivity index (χ2v) is 7.07. The molecule has 0 aliphatic heterocycles. The van der Waals surface area contributed by atoms with Gasteiger partial charge in [-0.3, -0.25) is 14.8 Å². The molecular formula is C24H25N3O3. The Labute approximate surface area is 175 Å². The predicted molar refractivity (Wildman–Crippen MR) is 118 cm³/mol. The first-order valence-corrected chi connectivity index (χ1v) is 9.85. The van der Waals surface area contributed by atoms with Crippen LogP contribution in [0.1, 0.15) is 38.8 Å². The van der Waals surface area contributed by atoms with Gasteiger partial charge < -0.3 is 9.84 Å². The van der Waals surface area contributed by atoms with Crippen LogP contribution in [0.3, 0.4) is 0 Å². The normalized spacial score (nSPS) is 10.9. The van der Waals surface area contributed by atoms with Gasteiger partial charge in [0.15, 0.2) is 0 Å². The van der Waals surface area contributed by atoms with Crippen molar-refractivity contribution in [2.24, 2.45) is 0 Å². The molecule has 0 unspecified atom stereocenters. The lowest BCUT2D eigenvalue weighted by atomic mass is 9.78. The number of ether oxygens (including phenoxy) is 1. The molecule has 4 rings (SSSR count). The maximum atomic E-state index is 12.1. The zero-order chi connectivity index (χ0) is 21.7. The third-order valence-electron chi connectivity index (χ3n) is 4.85. The molecule has 154 valence electrons. The molecule has 0 amide bonds. The smallest absolute Gasteiger partial charge is 0.302 e. The summed E-state index contributed by atoms with van der Waals surface area (Å²) in [6.07, 6.45) is 3.07. The summed E-state index contributed by atoms with van der Waals surface area (Å²) < 4.78 is 5.73. The fourth-order valence-electron chi connectivity index (χ4n) is 3.13. The molecule has 2 aromatic carbocycles. The van der Waals surface area contributed by atoms with Crippen LogP contribution >= 0.6 is 0 Å². The molecule has 0 aliphatic carbocycles. The van der Waals surface area contributed by atoms with Crippen LogP contribution in [-0.2, 0) is 5.41 Å². The molecule has 0 aliphatic rings. The number of H-pyrrole nitrogens is 1. The summed E-state index contributed by atoms with van der Waals surface area (Å²) in [6.45, 7) is 8.18. The van der Waals surface area contributed by atoms with Crippen molar-refractivity contribution in [1.29, 1.82) is 0 Å². The Morgan fingerprint density at radius 1 is 1.00 bits per heavy atom. The number of phenolic OH excluding ortho intramolecular Hbond substituents is 1. The molecule has 0 atom stereocenters. The Bertz CT molecular complexity index is 1200. The van der Waals surface area contributed by atoms with Gasteiger partial charge in [-0.05, 0) is 41.5 Å². The summed E-state index contributed by atoms with van der Waals surface area (Å²) in [7, 11) is 0. The second-order valence-electron chi connectivity index (χ2n) is 7.07. The van der Waals surface area contributed by atoms with Gasteiger partial charge in [0.05, 0.1) is 17.1 Å². The van der Waals surface area contributed by atoms with E-state index in [9.17, 15) is 9.90 Å². The highest BCUT2D eigenvalue weighted by molar-refractivity contribution is 5.76. The van der Waals surface area contributed by atoms with E-state index in [1.165, 1.54) is 6.20 Å². The summed E-state index contributed by atoms with van der Waals surface area (Å²) in [5.41, 5.74) is 1.98. The molecular weight excluding hydrogens is 378 g/mol. The van der Waals surface area contributed by atoms with Crippen molar-refractivity contribution in [3.8, 4) is 17.5 Å². The molecule has 2 heterocycles. The van der Waals surface area contributed by atoms with Gasteiger partial charge in [-0.1, -0.05) is 52.0 Å². The van der Waals surface area contributed by atoms with Crippen LogP contribution in [0.25, 0.3) is 10.9 Å². The maximum Gasteiger partial charge on any atom is 0.302 e. The molecule has 0 saturated carbocycles. The Morgan fingerprint density at radius 2 is 1.73 bits per heavy atom. The molecule has 0 bridgehead atoms.